The Morgan fingerprint density at radius 2 is 2.09 bits per heavy atom. The Morgan fingerprint density at radius 3 is 2.65 bits per heavy atom. The first-order valence-corrected chi connectivity index (χ1v) is 7.13. The van der Waals surface area contributed by atoms with Crippen LogP contribution < -0.4 is 5.32 Å². The summed E-state index contributed by atoms with van der Waals surface area (Å²) < 4.78 is 51.8. The monoisotopic (exact) mass is 332 g/mol. The van der Waals surface area contributed by atoms with E-state index in [4.69, 9.17) is 0 Å². The second-order valence-electron chi connectivity index (χ2n) is 5.35. The van der Waals surface area contributed by atoms with Gasteiger partial charge in [0.15, 0.2) is 0 Å². The Morgan fingerprint density at radius 1 is 1.39 bits per heavy atom. The van der Waals surface area contributed by atoms with Crippen LogP contribution in [0.15, 0.2) is 18.2 Å². The van der Waals surface area contributed by atoms with E-state index in [2.05, 4.69) is 5.32 Å². The van der Waals surface area contributed by atoms with Crippen molar-refractivity contribution in [2.75, 3.05) is 13.1 Å². The molecule has 1 saturated heterocycles. The average molecular weight is 332 g/mol. The van der Waals surface area contributed by atoms with Crippen LogP contribution in [0.1, 0.15) is 24.5 Å². The molecule has 2 rings (SSSR count). The van der Waals surface area contributed by atoms with Crippen LogP contribution in [-0.4, -0.2) is 29.8 Å². The first-order valence-electron chi connectivity index (χ1n) is 7.13. The smallest absolute Gasteiger partial charge is 0.352 e. The predicted octanol–water partition coefficient (Wildman–Crippen LogP) is 2.33. The number of hydrogen-bond donors (Lipinski definition) is 1. The molecule has 2 amide bonds. The highest BCUT2D eigenvalue weighted by Gasteiger charge is 2.35. The second kappa shape index (κ2) is 6.55. The van der Waals surface area contributed by atoms with Gasteiger partial charge in [-0.05, 0) is 30.7 Å². The highest BCUT2D eigenvalue weighted by atomic mass is 19.4. The molecule has 0 bridgehead atoms. The first-order chi connectivity index (χ1) is 10.7. The Balaban J connectivity index is 2.05. The van der Waals surface area contributed by atoms with Gasteiger partial charge in [0, 0.05) is 26.1 Å². The lowest BCUT2D eigenvalue weighted by molar-refractivity contribution is -0.138. The maximum Gasteiger partial charge on any atom is 0.416 e. The number of nitrogens with zero attached hydrogens (tertiary/aromatic N) is 1. The van der Waals surface area contributed by atoms with Crippen LogP contribution in [0.5, 0.6) is 0 Å². The van der Waals surface area contributed by atoms with Crippen molar-refractivity contribution in [1.29, 1.82) is 0 Å². The third kappa shape index (κ3) is 4.00. The number of carbonyl (C=O) groups excluding carboxylic acids is 2. The van der Waals surface area contributed by atoms with E-state index >= 15 is 0 Å². The van der Waals surface area contributed by atoms with Crippen LogP contribution in [0.4, 0.5) is 17.6 Å². The van der Waals surface area contributed by atoms with Crippen LogP contribution in [0.3, 0.4) is 0 Å². The normalized spacial score (nSPS) is 18.4. The molecule has 1 fully saturated rings. The highest BCUT2D eigenvalue weighted by Crippen LogP contribution is 2.32. The predicted molar refractivity (Wildman–Crippen MR) is 73.6 cm³/mol. The molecule has 1 heterocycles. The van der Waals surface area contributed by atoms with Gasteiger partial charge in [-0.1, -0.05) is 0 Å². The summed E-state index contributed by atoms with van der Waals surface area (Å²) in [6.07, 6.45) is -4.59. The van der Waals surface area contributed by atoms with Crippen LogP contribution in [0.25, 0.3) is 0 Å². The molecule has 8 heteroatoms. The van der Waals surface area contributed by atoms with Gasteiger partial charge in [0.05, 0.1) is 11.5 Å². The van der Waals surface area contributed by atoms with Gasteiger partial charge in [0.2, 0.25) is 11.8 Å². The maximum absolute atomic E-state index is 13.2. The molecule has 0 saturated carbocycles. The van der Waals surface area contributed by atoms with Gasteiger partial charge < -0.3 is 10.2 Å². The minimum Gasteiger partial charge on any atom is -0.352 e. The zero-order chi connectivity index (χ0) is 17.2. The average Bonchev–Trinajstić information content (AvgIpc) is 2.84. The van der Waals surface area contributed by atoms with Gasteiger partial charge in [0.25, 0.3) is 0 Å². The van der Waals surface area contributed by atoms with E-state index < -0.39 is 35.9 Å². The summed E-state index contributed by atoms with van der Waals surface area (Å²) in [5, 5.41) is 2.36. The van der Waals surface area contributed by atoms with Gasteiger partial charge in [-0.15, -0.1) is 0 Å². The molecule has 1 aliphatic heterocycles. The molecule has 4 nitrogen and oxygen atoms in total. The zero-order valence-corrected chi connectivity index (χ0v) is 12.4. The molecule has 0 radical (unpaired) electrons. The van der Waals surface area contributed by atoms with Crippen molar-refractivity contribution in [3.63, 3.8) is 0 Å². The molecular weight excluding hydrogens is 316 g/mol. The van der Waals surface area contributed by atoms with E-state index in [0.717, 1.165) is 12.1 Å². The molecule has 1 N–H and O–H groups in total. The molecule has 1 unspecified atom stereocenters. The van der Waals surface area contributed by atoms with E-state index in [0.29, 0.717) is 12.6 Å². The second-order valence-corrected chi connectivity index (χ2v) is 5.35. The SMILES string of the molecule is CCN1CC(C(=O)NCc2cc(F)ccc2C(F)(F)F)CC1=O. The minimum absolute atomic E-state index is 0.0367. The van der Waals surface area contributed by atoms with Gasteiger partial charge in [0.1, 0.15) is 5.82 Å². The molecule has 1 aromatic carbocycles. The standard InChI is InChI=1S/C15H16F4N2O2/c1-2-21-8-10(6-13(21)22)14(23)20-7-9-5-11(16)3-4-12(9)15(17,18)19/h3-5,10H,2,6-8H2,1H3,(H,20,23). The molecule has 126 valence electrons. The Bertz CT molecular complexity index is 616. The molecule has 0 aliphatic carbocycles. The quantitative estimate of drug-likeness (QED) is 0.861. The summed E-state index contributed by atoms with van der Waals surface area (Å²) in [5.41, 5.74) is -1.33. The van der Waals surface area contributed by atoms with Crippen molar-refractivity contribution < 1.29 is 27.2 Å². The molecule has 0 aromatic heterocycles. The number of amides is 2. The summed E-state index contributed by atoms with van der Waals surface area (Å²) in [7, 11) is 0. The maximum atomic E-state index is 13.2. The fourth-order valence-electron chi connectivity index (χ4n) is 2.57. The minimum atomic E-state index is -4.63. The fraction of sp³-hybridized carbons (Fsp3) is 0.467. The van der Waals surface area contributed by atoms with Gasteiger partial charge >= 0.3 is 6.18 Å². The lowest BCUT2D eigenvalue weighted by Gasteiger charge is -2.16. The van der Waals surface area contributed by atoms with Crippen molar-refractivity contribution >= 4 is 11.8 Å². The third-order valence-electron chi connectivity index (χ3n) is 3.79. The van der Waals surface area contributed by atoms with E-state index in [1.807, 2.05) is 0 Å². The van der Waals surface area contributed by atoms with Crippen molar-refractivity contribution in [3.05, 3.63) is 35.1 Å². The summed E-state index contributed by atoms with van der Waals surface area (Å²) in [6, 6.07) is 2.12. The lowest BCUT2D eigenvalue weighted by atomic mass is 10.1. The molecule has 23 heavy (non-hydrogen) atoms. The van der Waals surface area contributed by atoms with E-state index in [1.165, 1.54) is 4.90 Å². The third-order valence-corrected chi connectivity index (χ3v) is 3.79. The summed E-state index contributed by atoms with van der Waals surface area (Å²) >= 11 is 0. The Hall–Kier alpha value is -2.12. The number of carbonyl (C=O) groups is 2. The van der Waals surface area contributed by atoms with Crippen LogP contribution >= 0.6 is 0 Å². The molecule has 1 atom stereocenters. The largest absolute Gasteiger partial charge is 0.416 e. The molecular formula is C15H16F4N2O2. The number of benzene rings is 1. The van der Waals surface area contributed by atoms with Crippen LogP contribution in [-0.2, 0) is 22.3 Å². The summed E-state index contributed by atoms with van der Waals surface area (Å²) in [5.74, 6) is -2.07. The van der Waals surface area contributed by atoms with Gasteiger partial charge in [-0.3, -0.25) is 9.59 Å². The highest BCUT2D eigenvalue weighted by molar-refractivity contribution is 5.89. The number of nitrogens with one attached hydrogen (secondary N) is 1. The van der Waals surface area contributed by atoms with Crippen molar-refractivity contribution in [1.82, 2.24) is 10.2 Å². The van der Waals surface area contributed by atoms with Crippen molar-refractivity contribution in [2.24, 2.45) is 5.92 Å². The van der Waals surface area contributed by atoms with E-state index in [1.54, 1.807) is 6.92 Å². The number of alkyl halides is 3. The van der Waals surface area contributed by atoms with Crippen molar-refractivity contribution in [2.45, 2.75) is 26.1 Å². The Labute approximate surface area is 130 Å². The number of likely N-dealkylation sites (tertiary alicyclic amines) is 1. The van der Waals surface area contributed by atoms with E-state index in [9.17, 15) is 27.2 Å². The fourth-order valence-corrected chi connectivity index (χ4v) is 2.57. The van der Waals surface area contributed by atoms with Crippen LogP contribution in [0, 0.1) is 11.7 Å². The summed E-state index contributed by atoms with van der Waals surface area (Å²) in [4.78, 5) is 25.1. The zero-order valence-electron chi connectivity index (χ0n) is 12.4. The van der Waals surface area contributed by atoms with Crippen molar-refractivity contribution in [3.8, 4) is 0 Å². The van der Waals surface area contributed by atoms with Crippen LogP contribution in [0.2, 0.25) is 0 Å². The number of hydrogen-bond acceptors (Lipinski definition) is 2. The van der Waals surface area contributed by atoms with E-state index in [-0.39, 0.29) is 24.4 Å². The molecule has 1 aromatic rings. The van der Waals surface area contributed by atoms with Gasteiger partial charge in [-0.2, -0.15) is 13.2 Å². The Kier molecular flexibility index (Phi) is 4.91. The number of halogens is 4. The summed E-state index contributed by atoms with van der Waals surface area (Å²) in [6.45, 7) is 2.06. The first kappa shape index (κ1) is 17.2. The molecule has 1 aliphatic rings. The molecule has 0 spiro atoms. The van der Waals surface area contributed by atoms with Gasteiger partial charge in [-0.25, -0.2) is 4.39 Å². The number of rotatable bonds is 4. The topological polar surface area (TPSA) is 49.4 Å². The lowest BCUT2D eigenvalue weighted by Crippen LogP contribution is -2.33.